The molecule has 0 radical (unpaired) electrons. The molecule has 0 aromatic carbocycles. The fraction of sp³-hybridized carbons (Fsp3) is 0.882. The molecule has 0 aliphatic carbocycles. The standard InChI is InChI=1S/C17H34N2/c1-4-7-8-9-10-11-12-13-14-17-18(5-2)15-16-19(17)6-3/h15-17H,4-14H2,1-3H3. The number of nitrogens with zero attached hydrogens (tertiary/aromatic N) is 2. The van der Waals surface area contributed by atoms with Gasteiger partial charge in [-0.3, -0.25) is 0 Å². The first kappa shape index (κ1) is 16.4. The molecule has 1 aliphatic rings. The summed E-state index contributed by atoms with van der Waals surface area (Å²) in [6.45, 7) is 9.06. The Balaban J connectivity index is 2.04. The van der Waals surface area contributed by atoms with Crippen molar-refractivity contribution in [3.63, 3.8) is 0 Å². The van der Waals surface area contributed by atoms with Crippen molar-refractivity contribution in [1.29, 1.82) is 0 Å². The molecule has 0 fully saturated rings. The summed E-state index contributed by atoms with van der Waals surface area (Å²) in [5.74, 6) is 0. The molecular formula is C17H34N2. The van der Waals surface area contributed by atoms with Gasteiger partial charge in [-0.25, -0.2) is 0 Å². The molecule has 1 rings (SSSR count). The fourth-order valence-electron chi connectivity index (χ4n) is 2.99. The van der Waals surface area contributed by atoms with E-state index in [0.29, 0.717) is 6.17 Å². The molecule has 2 nitrogen and oxygen atoms in total. The highest BCUT2D eigenvalue weighted by molar-refractivity contribution is 4.95. The molecule has 0 amide bonds. The van der Waals surface area contributed by atoms with Crippen molar-refractivity contribution in [2.24, 2.45) is 0 Å². The van der Waals surface area contributed by atoms with Gasteiger partial charge in [0.1, 0.15) is 6.17 Å². The Labute approximate surface area is 120 Å². The van der Waals surface area contributed by atoms with Crippen molar-refractivity contribution >= 4 is 0 Å². The molecule has 1 aliphatic heterocycles. The summed E-state index contributed by atoms with van der Waals surface area (Å²) in [4.78, 5) is 4.95. The minimum atomic E-state index is 0.634. The highest BCUT2D eigenvalue weighted by atomic mass is 15.4. The molecule has 0 atom stereocenters. The van der Waals surface area contributed by atoms with E-state index in [1.165, 1.54) is 57.8 Å². The second kappa shape index (κ2) is 10.2. The molecule has 0 saturated heterocycles. The van der Waals surface area contributed by atoms with Crippen molar-refractivity contribution in [2.75, 3.05) is 13.1 Å². The third-order valence-electron chi connectivity index (χ3n) is 4.26. The largest absolute Gasteiger partial charge is 0.356 e. The van der Waals surface area contributed by atoms with E-state index in [1.54, 1.807) is 0 Å². The highest BCUT2D eigenvalue weighted by Crippen LogP contribution is 2.21. The van der Waals surface area contributed by atoms with E-state index in [2.05, 4.69) is 43.0 Å². The van der Waals surface area contributed by atoms with Gasteiger partial charge in [0.05, 0.1) is 0 Å². The quantitative estimate of drug-likeness (QED) is 0.487. The molecule has 0 aromatic heterocycles. The first-order valence-electron chi connectivity index (χ1n) is 8.53. The summed E-state index contributed by atoms with van der Waals surface area (Å²) >= 11 is 0. The Morgan fingerprint density at radius 2 is 1.16 bits per heavy atom. The van der Waals surface area contributed by atoms with Crippen LogP contribution in [0.4, 0.5) is 0 Å². The van der Waals surface area contributed by atoms with Gasteiger partial charge >= 0.3 is 0 Å². The molecule has 1 heterocycles. The van der Waals surface area contributed by atoms with Gasteiger partial charge in [0.25, 0.3) is 0 Å². The lowest BCUT2D eigenvalue weighted by Gasteiger charge is -2.31. The lowest BCUT2D eigenvalue weighted by atomic mass is 10.1. The predicted molar refractivity (Wildman–Crippen MR) is 84.9 cm³/mol. The van der Waals surface area contributed by atoms with Crippen molar-refractivity contribution < 1.29 is 0 Å². The normalized spacial score (nSPS) is 15.7. The van der Waals surface area contributed by atoms with Gasteiger partial charge in [-0.15, -0.1) is 0 Å². The van der Waals surface area contributed by atoms with Crippen molar-refractivity contribution in [1.82, 2.24) is 9.80 Å². The SMILES string of the molecule is CCCCCCCCCCC1N(CC)C=CN1CC. The predicted octanol–water partition coefficient (Wildman–Crippen LogP) is 4.97. The van der Waals surface area contributed by atoms with E-state index in [0.717, 1.165) is 13.1 Å². The summed E-state index contributed by atoms with van der Waals surface area (Å²) in [6.07, 6.45) is 17.8. The molecule has 0 spiro atoms. The van der Waals surface area contributed by atoms with Gasteiger partial charge in [0.15, 0.2) is 0 Å². The van der Waals surface area contributed by atoms with Crippen molar-refractivity contribution in [3.8, 4) is 0 Å². The minimum Gasteiger partial charge on any atom is -0.356 e. The maximum absolute atomic E-state index is 2.48. The van der Waals surface area contributed by atoms with E-state index >= 15 is 0 Å². The zero-order valence-corrected chi connectivity index (χ0v) is 13.4. The van der Waals surface area contributed by atoms with Gasteiger partial charge in [-0.2, -0.15) is 0 Å². The first-order chi connectivity index (χ1) is 9.33. The number of hydrogen-bond acceptors (Lipinski definition) is 2. The van der Waals surface area contributed by atoms with Crippen LogP contribution >= 0.6 is 0 Å². The molecule has 112 valence electrons. The van der Waals surface area contributed by atoms with Gasteiger partial charge in [-0.1, -0.05) is 51.9 Å². The Morgan fingerprint density at radius 3 is 1.63 bits per heavy atom. The van der Waals surface area contributed by atoms with E-state index < -0.39 is 0 Å². The molecule has 0 bridgehead atoms. The zero-order valence-electron chi connectivity index (χ0n) is 13.4. The first-order valence-corrected chi connectivity index (χ1v) is 8.53. The molecule has 0 aromatic rings. The van der Waals surface area contributed by atoms with Crippen LogP contribution in [0.5, 0.6) is 0 Å². The fourth-order valence-corrected chi connectivity index (χ4v) is 2.99. The minimum absolute atomic E-state index is 0.634. The molecule has 19 heavy (non-hydrogen) atoms. The van der Waals surface area contributed by atoms with Crippen molar-refractivity contribution in [3.05, 3.63) is 12.4 Å². The number of unbranched alkanes of at least 4 members (excludes halogenated alkanes) is 7. The van der Waals surface area contributed by atoms with Gasteiger partial charge in [0.2, 0.25) is 0 Å². The summed E-state index contributed by atoms with van der Waals surface area (Å²) in [5.41, 5.74) is 0. The number of rotatable bonds is 11. The monoisotopic (exact) mass is 266 g/mol. The molecular weight excluding hydrogens is 232 g/mol. The highest BCUT2D eigenvalue weighted by Gasteiger charge is 2.22. The van der Waals surface area contributed by atoms with Crippen molar-refractivity contribution in [2.45, 2.75) is 84.7 Å². The maximum atomic E-state index is 2.48. The average molecular weight is 266 g/mol. The van der Waals surface area contributed by atoms with Gasteiger partial charge in [-0.05, 0) is 26.7 Å². The number of hydrogen-bond donors (Lipinski definition) is 0. The van der Waals surface area contributed by atoms with E-state index in [-0.39, 0.29) is 0 Å². The maximum Gasteiger partial charge on any atom is 0.101 e. The van der Waals surface area contributed by atoms with Crippen LogP contribution in [0, 0.1) is 0 Å². The second-order valence-electron chi connectivity index (χ2n) is 5.70. The topological polar surface area (TPSA) is 6.48 Å². The van der Waals surface area contributed by atoms with E-state index in [4.69, 9.17) is 0 Å². The van der Waals surface area contributed by atoms with Crippen LogP contribution in [-0.4, -0.2) is 29.1 Å². The lowest BCUT2D eigenvalue weighted by Crippen LogP contribution is -2.38. The van der Waals surface area contributed by atoms with E-state index in [9.17, 15) is 0 Å². The van der Waals surface area contributed by atoms with Crippen LogP contribution in [0.25, 0.3) is 0 Å². The molecule has 0 N–H and O–H groups in total. The molecule has 0 saturated carbocycles. The van der Waals surface area contributed by atoms with Crippen LogP contribution < -0.4 is 0 Å². The Bertz CT molecular complexity index is 223. The summed E-state index contributed by atoms with van der Waals surface area (Å²) in [5, 5.41) is 0. The Kier molecular flexibility index (Phi) is 8.77. The summed E-state index contributed by atoms with van der Waals surface area (Å²) < 4.78 is 0. The van der Waals surface area contributed by atoms with Crippen LogP contribution in [0.2, 0.25) is 0 Å². The Morgan fingerprint density at radius 1 is 0.684 bits per heavy atom. The van der Waals surface area contributed by atoms with Crippen LogP contribution in [0.1, 0.15) is 78.6 Å². The van der Waals surface area contributed by atoms with E-state index in [1.807, 2.05) is 0 Å². The third kappa shape index (κ3) is 5.88. The van der Waals surface area contributed by atoms with Gasteiger partial charge < -0.3 is 9.80 Å². The molecule has 0 unspecified atom stereocenters. The zero-order chi connectivity index (χ0) is 13.9. The van der Waals surface area contributed by atoms with Gasteiger partial charge in [0, 0.05) is 25.5 Å². The Hall–Kier alpha value is -0.660. The van der Waals surface area contributed by atoms with Crippen LogP contribution in [0.15, 0.2) is 12.4 Å². The third-order valence-corrected chi connectivity index (χ3v) is 4.26. The average Bonchev–Trinajstić information content (AvgIpc) is 2.83. The summed E-state index contributed by atoms with van der Waals surface area (Å²) in [6, 6.07) is 0. The van der Waals surface area contributed by atoms with Crippen LogP contribution in [-0.2, 0) is 0 Å². The van der Waals surface area contributed by atoms with Crippen LogP contribution in [0.3, 0.4) is 0 Å². The molecule has 2 heteroatoms. The second-order valence-corrected chi connectivity index (χ2v) is 5.70. The lowest BCUT2D eigenvalue weighted by molar-refractivity contribution is 0.149. The summed E-state index contributed by atoms with van der Waals surface area (Å²) in [7, 11) is 0. The smallest absolute Gasteiger partial charge is 0.101 e.